The second kappa shape index (κ2) is 6.01. The molecule has 0 aliphatic heterocycles. The van der Waals surface area contributed by atoms with Crippen LogP contribution in [0.5, 0.6) is 0 Å². The Bertz CT molecular complexity index is 481. The average Bonchev–Trinajstić information content (AvgIpc) is 2.12. The molecule has 0 atom stereocenters. The van der Waals surface area contributed by atoms with Gasteiger partial charge in [-0.1, -0.05) is 0 Å². The molecule has 123 valence electrons. The molecule has 3 nitrogen and oxygen atoms in total. The molecule has 0 aromatic carbocycles. The minimum atomic E-state index is -7.86. The van der Waals surface area contributed by atoms with Crippen LogP contribution >= 0.6 is 0 Å². The minimum Gasteiger partial charge on any atom is -0.281 e. The summed E-state index contributed by atoms with van der Waals surface area (Å²) < 4.78 is 161. The van der Waals surface area contributed by atoms with Crippen LogP contribution in [0.4, 0.5) is 48.3 Å². The summed E-state index contributed by atoms with van der Waals surface area (Å²) in [5, 5.41) is -7.29. The first-order chi connectivity index (χ1) is 8.25. The molecule has 0 aliphatic carbocycles. The molecule has 1 radical (unpaired) electrons. The van der Waals surface area contributed by atoms with E-state index in [1.807, 2.05) is 0 Å². The molecule has 0 spiro atoms. The molecular formula is C5HF11KO3S. The zero-order valence-electron chi connectivity index (χ0n) is 9.33. The van der Waals surface area contributed by atoms with Gasteiger partial charge in [-0.15, -0.1) is 0 Å². The fourth-order valence-corrected chi connectivity index (χ4v) is 1.17. The van der Waals surface area contributed by atoms with Crippen molar-refractivity contribution in [1.29, 1.82) is 0 Å². The van der Waals surface area contributed by atoms with Crippen LogP contribution in [0.25, 0.3) is 0 Å². The fourth-order valence-electron chi connectivity index (χ4n) is 0.720. The van der Waals surface area contributed by atoms with Gasteiger partial charge in [0.25, 0.3) is 0 Å². The van der Waals surface area contributed by atoms with E-state index in [0.717, 1.165) is 0 Å². The maximum Gasteiger partial charge on any atom is 0.460 e. The van der Waals surface area contributed by atoms with Crippen LogP contribution in [-0.2, 0) is 10.1 Å². The molecular weight excluding hydrogens is 388 g/mol. The molecule has 0 unspecified atom stereocenters. The van der Waals surface area contributed by atoms with Crippen molar-refractivity contribution in [2.24, 2.45) is 0 Å². The Labute approximate surface area is 151 Å². The summed E-state index contributed by atoms with van der Waals surface area (Å²) in [7, 11) is -7.41. The zero-order chi connectivity index (χ0) is 17.0. The predicted octanol–water partition coefficient (Wildman–Crippen LogP) is 2.55. The van der Waals surface area contributed by atoms with Crippen molar-refractivity contribution < 1.29 is 61.3 Å². The van der Waals surface area contributed by atoms with Crippen molar-refractivity contribution in [2.45, 2.75) is 29.2 Å². The molecule has 16 heteroatoms. The summed E-state index contributed by atoms with van der Waals surface area (Å²) in [6, 6.07) is 0. The van der Waals surface area contributed by atoms with Crippen molar-refractivity contribution >= 4 is 61.5 Å². The molecule has 0 amide bonds. The van der Waals surface area contributed by atoms with Crippen molar-refractivity contribution in [3.05, 3.63) is 0 Å². The molecule has 0 aromatic rings. The molecule has 0 saturated carbocycles. The summed E-state index contributed by atoms with van der Waals surface area (Å²) >= 11 is 0. The monoisotopic (exact) mass is 389 g/mol. The van der Waals surface area contributed by atoms with E-state index in [2.05, 4.69) is 0 Å². The number of alkyl halides is 11. The normalized spacial score (nSPS) is 15.6. The molecule has 0 heterocycles. The molecule has 0 bridgehead atoms. The first kappa shape index (κ1) is 24.0. The molecule has 0 rings (SSSR count). The largest absolute Gasteiger partial charge is 0.460 e. The quantitative estimate of drug-likeness (QED) is 0.457. The average molecular weight is 389 g/mol. The van der Waals surface area contributed by atoms with Crippen LogP contribution in [0.15, 0.2) is 0 Å². The molecule has 1 N–H and O–H groups in total. The van der Waals surface area contributed by atoms with Crippen LogP contribution in [0, 0.1) is 0 Å². The van der Waals surface area contributed by atoms with E-state index >= 15 is 0 Å². The van der Waals surface area contributed by atoms with Crippen LogP contribution in [-0.4, -0.2) is 93.6 Å². The zero-order valence-corrected chi connectivity index (χ0v) is 13.3. The summed E-state index contributed by atoms with van der Waals surface area (Å²) in [4.78, 5) is 0. The minimum absolute atomic E-state index is 0. The summed E-state index contributed by atoms with van der Waals surface area (Å²) in [5.41, 5.74) is 0. The first-order valence-corrected chi connectivity index (χ1v) is 5.24. The Morgan fingerprint density at radius 1 is 0.619 bits per heavy atom. The fraction of sp³-hybridized carbons (Fsp3) is 1.00. The van der Waals surface area contributed by atoms with Crippen LogP contribution in [0.3, 0.4) is 0 Å². The third-order valence-corrected chi connectivity index (χ3v) is 2.74. The van der Waals surface area contributed by atoms with Gasteiger partial charge in [-0.25, -0.2) is 0 Å². The van der Waals surface area contributed by atoms with Crippen molar-refractivity contribution in [2.75, 3.05) is 0 Å². The third-order valence-electron chi connectivity index (χ3n) is 1.83. The van der Waals surface area contributed by atoms with Crippen LogP contribution < -0.4 is 0 Å². The molecule has 0 fully saturated rings. The number of hydrogen-bond acceptors (Lipinski definition) is 2. The summed E-state index contributed by atoms with van der Waals surface area (Å²) in [6.07, 6.45) is -7.39. The topological polar surface area (TPSA) is 54.4 Å². The van der Waals surface area contributed by atoms with Gasteiger partial charge in [0, 0.05) is 51.4 Å². The van der Waals surface area contributed by atoms with E-state index < -0.39 is 39.3 Å². The Balaban J connectivity index is 0. The third kappa shape index (κ3) is 3.50. The maximum atomic E-state index is 12.5. The van der Waals surface area contributed by atoms with Gasteiger partial charge in [0.15, 0.2) is 0 Å². The van der Waals surface area contributed by atoms with Gasteiger partial charge in [-0.3, -0.25) is 4.55 Å². The van der Waals surface area contributed by atoms with Crippen molar-refractivity contribution in [1.82, 2.24) is 0 Å². The molecule has 21 heavy (non-hydrogen) atoms. The Morgan fingerprint density at radius 3 is 1.10 bits per heavy atom. The van der Waals surface area contributed by atoms with E-state index in [-0.39, 0.29) is 51.4 Å². The van der Waals surface area contributed by atoms with Gasteiger partial charge in [0.2, 0.25) is 0 Å². The Kier molecular flexibility index (Phi) is 6.88. The molecule has 0 aliphatic rings. The van der Waals surface area contributed by atoms with Gasteiger partial charge in [0.1, 0.15) is 0 Å². The predicted molar refractivity (Wildman–Crippen MR) is 43.1 cm³/mol. The van der Waals surface area contributed by atoms with Gasteiger partial charge < -0.3 is 0 Å². The van der Waals surface area contributed by atoms with Gasteiger partial charge in [0.05, 0.1) is 0 Å². The van der Waals surface area contributed by atoms with E-state index in [4.69, 9.17) is 4.55 Å². The number of rotatable bonds is 4. The van der Waals surface area contributed by atoms with E-state index in [1.54, 1.807) is 0 Å². The Hall–Kier alpha value is 0.776. The SMILES string of the molecule is O=S(=O)(O)C(F)(F)C(F)(F)C(F)(F)C(F)(F)C(F)(F)F.[K]. The van der Waals surface area contributed by atoms with Crippen molar-refractivity contribution in [3.8, 4) is 0 Å². The van der Waals surface area contributed by atoms with Gasteiger partial charge in [-0.05, 0) is 0 Å². The summed E-state index contributed by atoms with van der Waals surface area (Å²) in [6.45, 7) is 0. The smallest absolute Gasteiger partial charge is 0.281 e. The van der Waals surface area contributed by atoms with Crippen LogP contribution in [0.1, 0.15) is 0 Å². The Morgan fingerprint density at radius 2 is 0.905 bits per heavy atom. The molecule has 0 saturated heterocycles. The van der Waals surface area contributed by atoms with E-state index in [0.29, 0.717) is 0 Å². The number of hydrogen-bond donors (Lipinski definition) is 1. The molecule has 0 aromatic heterocycles. The first-order valence-electron chi connectivity index (χ1n) is 3.80. The van der Waals surface area contributed by atoms with Crippen LogP contribution in [0.2, 0.25) is 0 Å². The number of halogens is 11. The summed E-state index contributed by atoms with van der Waals surface area (Å²) in [5.74, 6) is -23.3. The van der Waals surface area contributed by atoms with Gasteiger partial charge in [-0.2, -0.15) is 56.7 Å². The second-order valence-corrected chi connectivity index (χ2v) is 4.68. The van der Waals surface area contributed by atoms with E-state index in [9.17, 15) is 56.7 Å². The second-order valence-electron chi connectivity index (χ2n) is 3.21. The standard InChI is InChI=1S/C5HF11O3S.K/c6-1(7,2(8,9)4(12,13)14)3(10,11)5(15,16)20(17,18)19;/h(H,17,18,19);. The maximum absolute atomic E-state index is 12.5. The van der Waals surface area contributed by atoms with Gasteiger partial charge >= 0.3 is 39.3 Å². The van der Waals surface area contributed by atoms with E-state index in [1.165, 1.54) is 0 Å². The van der Waals surface area contributed by atoms with Crippen molar-refractivity contribution in [3.63, 3.8) is 0 Å².